The van der Waals surface area contributed by atoms with Gasteiger partial charge in [-0.05, 0) is 177 Å². The molecule has 0 radical (unpaired) electrons. The van der Waals surface area contributed by atoms with Gasteiger partial charge in [-0.15, -0.1) is 0 Å². The van der Waals surface area contributed by atoms with Crippen LogP contribution in [0.5, 0.6) is 0 Å². The minimum absolute atomic E-state index is 0.100. The van der Waals surface area contributed by atoms with Gasteiger partial charge in [0.15, 0.2) is 5.82 Å². The zero-order chi connectivity index (χ0) is 43.5. The van der Waals surface area contributed by atoms with Crippen molar-refractivity contribution in [3.05, 3.63) is 191 Å². The lowest BCUT2D eigenvalue weighted by Gasteiger charge is -2.61. The zero-order valence-corrected chi connectivity index (χ0v) is 38.1. The fourth-order valence-electron chi connectivity index (χ4n) is 16.0. The van der Waals surface area contributed by atoms with Crippen molar-refractivity contribution in [3.8, 4) is 78.4 Å². The number of hydrogen-bond acceptors (Lipinski definition) is 2. The van der Waals surface area contributed by atoms with Gasteiger partial charge in [0.2, 0.25) is 0 Å². The highest BCUT2D eigenvalue weighted by Crippen LogP contribution is 2.69. The van der Waals surface area contributed by atoms with E-state index in [0.717, 1.165) is 57.6 Å². The summed E-state index contributed by atoms with van der Waals surface area (Å²) < 4.78 is 0. The highest BCUT2D eigenvalue weighted by atomic mass is 14.9. The second-order valence-electron chi connectivity index (χ2n) is 22.0. The first kappa shape index (κ1) is 37.8. The maximum atomic E-state index is 5.45. The molecule has 0 atom stereocenters. The van der Waals surface area contributed by atoms with Crippen LogP contribution in [-0.2, 0) is 16.2 Å². The lowest BCUT2D eigenvalue weighted by atomic mass is 9.43. The zero-order valence-electron chi connectivity index (χ0n) is 38.1. The highest BCUT2D eigenvalue weighted by molar-refractivity contribution is 5.90. The first-order valence-corrected chi connectivity index (χ1v) is 25.1. The molecule has 0 saturated heterocycles. The predicted molar refractivity (Wildman–Crippen MR) is 269 cm³/mol. The summed E-state index contributed by atoms with van der Waals surface area (Å²) in [5.74, 6) is 4.24. The summed E-state index contributed by atoms with van der Waals surface area (Å²) >= 11 is 0. The number of rotatable bonds is 4. The minimum atomic E-state index is -0.150. The molecule has 7 aromatic carbocycles. The summed E-state index contributed by atoms with van der Waals surface area (Å²) in [5.41, 5.74) is 25.4. The summed E-state index contributed by atoms with van der Waals surface area (Å²) in [7, 11) is 0. The molecular weight excluding hydrogens is 797 g/mol. The molecule has 8 aliphatic carbocycles. The van der Waals surface area contributed by atoms with E-state index in [9.17, 15) is 0 Å². The van der Waals surface area contributed by atoms with Gasteiger partial charge >= 0.3 is 0 Å². The van der Waals surface area contributed by atoms with Gasteiger partial charge < -0.3 is 0 Å². The van der Waals surface area contributed by atoms with Gasteiger partial charge in [-0.1, -0.05) is 154 Å². The molecule has 0 aliphatic heterocycles. The molecule has 8 aliphatic rings. The maximum absolute atomic E-state index is 5.45. The predicted octanol–water partition coefficient (Wildman–Crippen LogP) is 16.0. The van der Waals surface area contributed by atoms with Crippen molar-refractivity contribution in [2.45, 2.75) is 87.9 Å². The van der Waals surface area contributed by atoms with Crippen LogP contribution in [0.1, 0.15) is 105 Å². The van der Waals surface area contributed by atoms with Crippen LogP contribution in [0.15, 0.2) is 158 Å². The second kappa shape index (κ2) is 13.4. The number of nitrogens with zero attached hydrogens (tertiary/aromatic N) is 2. The summed E-state index contributed by atoms with van der Waals surface area (Å²) in [6.45, 7) is 4.81. The molecule has 16 rings (SSSR count). The SMILES string of the molecule is CC1(C)c2ccc(-c3nc(-c4ccccc4)cc(-c4ccc5c(c4)C4(CCCC4)c4ccccc4-5)n3)cc2-c2ccc(-c3ccc4c(c3)-c3ccccc3C43C4CC5CC(C4)CC3C5)cc21. The summed E-state index contributed by atoms with van der Waals surface area (Å²) in [6.07, 6.45) is 12.1. The van der Waals surface area contributed by atoms with Gasteiger partial charge in [0.25, 0.3) is 0 Å². The Hall–Kier alpha value is -6.38. The van der Waals surface area contributed by atoms with Crippen LogP contribution in [0.25, 0.3) is 78.4 Å². The Morgan fingerprint density at radius 1 is 0.379 bits per heavy atom. The van der Waals surface area contributed by atoms with Crippen molar-refractivity contribution in [3.63, 3.8) is 0 Å². The topological polar surface area (TPSA) is 25.8 Å². The van der Waals surface area contributed by atoms with E-state index in [2.05, 4.69) is 172 Å². The fourth-order valence-corrected chi connectivity index (χ4v) is 16.0. The Bertz CT molecular complexity index is 3330. The van der Waals surface area contributed by atoms with Crippen LogP contribution in [0.3, 0.4) is 0 Å². The number of aromatic nitrogens is 2. The maximum Gasteiger partial charge on any atom is 0.160 e. The van der Waals surface area contributed by atoms with Crippen molar-refractivity contribution in [2.75, 3.05) is 0 Å². The van der Waals surface area contributed by atoms with E-state index in [4.69, 9.17) is 9.97 Å². The monoisotopic (exact) mass is 850 g/mol. The van der Waals surface area contributed by atoms with Crippen molar-refractivity contribution in [2.24, 2.45) is 23.7 Å². The lowest BCUT2D eigenvalue weighted by molar-refractivity contribution is -0.0399. The van der Waals surface area contributed by atoms with Crippen LogP contribution in [0.4, 0.5) is 0 Å². The Morgan fingerprint density at radius 3 is 1.65 bits per heavy atom. The summed E-state index contributed by atoms with van der Waals surface area (Å²) in [6, 6.07) is 60.5. The molecule has 1 heterocycles. The van der Waals surface area contributed by atoms with Gasteiger partial charge in [0.1, 0.15) is 0 Å². The van der Waals surface area contributed by atoms with Gasteiger partial charge in [0.05, 0.1) is 11.4 Å². The molecule has 5 saturated carbocycles. The number of fused-ring (bicyclic) bond motifs is 11. The van der Waals surface area contributed by atoms with E-state index >= 15 is 0 Å². The van der Waals surface area contributed by atoms with Crippen molar-refractivity contribution >= 4 is 0 Å². The average Bonchev–Trinajstić information content (AvgIpc) is 4.10. The molecule has 2 spiro atoms. The van der Waals surface area contributed by atoms with Gasteiger partial charge in [-0.25, -0.2) is 9.97 Å². The van der Waals surface area contributed by atoms with Crippen LogP contribution in [0, 0.1) is 23.7 Å². The third-order valence-electron chi connectivity index (χ3n) is 18.6. The molecule has 320 valence electrons. The highest BCUT2D eigenvalue weighted by Gasteiger charge is 2.61. The van der Waals surface area contributed by atoms with E-state index in [1.165, 1.54) is 125 Å². The molecule has 4 bridgehead atoms. The first-order chi connectivity index (χ1) is 32.4. The molecule has 1 aromatic heterocycles. The molecule has 0 unspecified atom stereocenters. The first-order valence-electron chi connectivity index (χ1n) is 25.1. The smallest absolute Gasteiger partial charge is 0.160 e. The summed E-state index contributed by atoms with van der Waals surface area (Å²) in [4.78, 5) is 10.8. The Morgan fingerprint density at radius 2 is 0.894 bits per heavy atom. The van der Waals surface area contributed by atoms with Crippen LogP contribution < -0.4 is 0 Å². The Balaban J connectivity index is 0.820. The molecular formula is C64H54N2. The van der Waals surface area contributed by atoms with E-state index in [1.807, 2.05) is 0 Å². The van der Waals surface area contributed by atoms with Crippen molar-refractivity contribution in [1.29, 1.82) is 0 Å². The second-order valence-corrected chi connectivity index (χ2v) is 22.0. The van der Waals surface area contributed by atoms with Gasteiger partial charge in [0, 0.05) is 32.9 Å². The third-order valence-corrected chi connectivity index (χ3v) is 18.6. The average molecular weight is 851 g/mol. The van der Waals surface area contributed by atoms with E-state index < -0.39 is 0 Å². The number of benzene rings is 7. The van der Waals surface area contributed by atoms with Gasteiger partial charge in [-0.3, -0.25) is 0 Å². The van der Waals surface area contributed by atoms with Crippen LogP contribution >= 0.6 is 0 Å². The quantitative estimate of drug-likeness (QED) is 0.176. The molecule has 0 N–H and O–H groups in total. The van der Waals surface area contributed by atoms with Crippen molar-refractivity contribution < 1.29 is 0 Å². The molecule has 66 heavy (non-hydrogen) atoms. The lowest BCUT2D eigenvalue weighted by Crippen LogP contribution is -2.55. The van der Waals surface area contributed by atoms with E-state index in [0.29, 0.717) is 0 Å². The van der Waals surface area contributed by atoms with Crippen LogP contribution in [-0.4, -0.2) is 9.97 Å². The third kappa shape index (κ3) is 4.98. The minimum Gasteiger partial charge on any atom is -0.228 e. The Labute approximate surface area is 389 Å². The number of hydrogen-bond donors (Lipinski definition) is 0. The molecule has 2 heteroatoms. The molecule has 2 nitrogen and oxygen atoms in total. The van der Waals surface area contributed by atoms with E-state index in [1.54, 1.807) is 11.1 Å². The fraction of sp³-hybridized carbons (Fsp3) is 0.281. The van der Waals surface area contributed by atoms with Gasteiger partial charge in [-0.2, -0.15) is 0 Å². The van der Waals surface area contributed by atoms with E-state index in [-0.39, 0.29) is 16.2 Å². The Kier molecular flexibility index (Phi) is 7.66. The summed E-state index contributed by atoms with van der Waals surface area (Å²) in [5, 5.41) is 0. The largest absolute Gasteiger partial charge is 0.228 e. The normalized spacial score (nSPS) is 24.6. The standard InChI is InChI=1S/C64H54N2/c1-62(2)53-24-21-44(61-65-59(40-12-4-3-5-13-40)37-60(66-61)43-19-23-49-47-14-6-8-16-54(47)63(58(49)36-43)26-10-11-27-63)34-51(53)50-22-18-42(35-57(50)62)41-20-25-56-52(33-41)48-15-7-9-17-55(48)64(56)45-29-38-28-39(31-45)32-46(64)30-38/h3-9,12-25,33-39,45-46H,10-11,26-32H2,1-2H3. The van der Waals surface area contributed by atoms with Crippen LogP contribution in [0.2, 0.25) is 0 Å². The molecule has 0 amide bonds. The molecule has 8 aromatic rings. The molecule has 5 fully saturated rings. The van der Waals surface area contributed by atoms with Crippen molar-refractivity contribution in [1.82, 2.24) is 9.97 Å².